The number of rotatable bonds is 5. The Morgan fingerprint density at radius 1 is 1.08 bits per heavy atom. The fourth-order valence-electron chi connectivity index (χ4n) is 2.91. The first-order chi connectivity index (χ1) is 11.5. The van der Waals surface area contributed by atoms with Crippen LogP contribution in [0.1, 0.15) is 17.5 Å². The molecule has 4 nitrogen and oxygen atoms in total. The maximum absolute atomic E-state index is 12.9. The van der Waals surface area contributed by atoms with Crippen molar-refractivity contribution in [3.63, 3.8) is 0 Å². The Hall–Kier alpha value is -2.53. The van der Waals surface area contributed by atoms with E-state index in [9.17, 15) is 14.0 Å². The fourth-order valence-corrected chi connectivity index (χ4v) is 2.91. The van der Waals surface area contributed by atoms with Gasteiger partial charge in [-0.3, -0.25) is 9.59 Å². The molecule has 1 saturated heterocycles. The van der Waals surface area contributed by atoms with E-state index >= 15 is 0 Å². The quantitative estimate of drug-likeness (QED) is 0.848. The van der Waals surface area contributed by atoms with Crippen molar-refractivity contribution in [3.05, 3.63) is 65.5 Å². The highest BCUT2D eigenvalue weighted by Gasteiger charge is 2.41. The van der Waals surface area contributed by atoms with Gasteiger partial charge in [-0.2, -0.15) is 0 Å². The Morgan fingerprint density at radius 3 is 2.42 bits per heavy atom. The maximum atomic E-state index is 12.9. The number of imide groups is 1. The number of hydrogen-bond acceptors (Lipinski definition) is 2. The van der Waals surface area contributed by atoms with E-state index in [1.165, 1.54) is 17.0 Å². The third kappa shape index (κ3) is 3.51. The van der Waals surface area contributed by atoms with Crippen molar-refractivity contribution in [3.8, 4) is 0 Å². The van der Waals surface area contributed by atoms with Gasteiger partial charge in [-0.1, -0.05) is 29.8 Å². The van der Waals surface area contributed by atoms with Crippen LogP contribution in [0.4, 0.5) is 10.1 Å². The molecule has 0 spiro atoms. The monoisotopic (exact) mass is 327 g/mol. The minimum Gasteiger partial charge on any atom is -0.335 e. The van der Waals surface area contributed by atoms with E-state index in [0.29, 0.717) is 12.2 Å². The number of carbonyl (C=O) groups excluding carboxylic acids is 2. The van der Waals surface area contributed by atoms with E-state index in [-0.39, 0.29) is 30.1 Å². The lowest BCUT2D eigenvalue weighted by atomic mass is 10.1. The van der Waals surface area contributed by atoms with Gasteiger partial charge in [-0.25, -0.2) is 9.29 Å². The van der Waals surface area contributed by atoms with Crippen LogP contribution in [0, 0.1) is 12.7 Å². The van der Waals surface area contributed by atoms with Crippen LogP contribution in [0.5, 0.6) is 0 Å². The fraction of sp³-hybridized carbons (Fsp3) is 0.263. The zero-order valence-electron chi connectivity index (χ0n) is 13.5. The number of benzene rings is 2. The minimum atomic E-state index is -0.376. The number of anilines is 1. The molecule has 3 rings (SSSR count). The number of quaternary nitrogens is 1. The van der Waals surface area contributed by atoms with Gasteiger partial charge in [0.15, 0.2) is 6.04 Å². The molecular weight excluding hydrogens is 307 g/mol. The Bertz CT molecular complexity index is 741. The lowest BCUT2D eigenvalue weighted by molar-refractivity contribution is -0.674. The summed E-state index contributed by atoms with van der Waals surface area (Å²) in [4.78, 5) is 26.0. The average Bonchev–Trinajstić information content (AvgIpc) is 2.85. The SMILES string of the molecule is Cc1ccc(N2C(=O)CC([NH2+]CCc3ccc(F)cc3)C2=O)cc1. The average molecular weight is 327 g/mol. The highest BCUT2D eigenvalue weighted by Crippen LogP contribution is 2.21. The molecule has 1 aliphatic heterocycles. The van der Waals surface area contributed by atoms with Gasteiger partial charge >= 0.3 is 0 Å². The topological polar surface area (TPSA) is 54.0 Å². The standard InChI is InChI=1S/C19H19FN2O2/c1-13-2-8-16(9-3-13)22-18(23)12-17(19(22)24)21-11-10-14-4-6-15(20)7-5-14/h2-9,17,21H,10-12H2,1H3/p+1. The van der Waals surface area contributed by atoms with Gasteiger partial charge in [-0.15, -0.1) is 0 Å². The van der Waals surface area contributed by atoms with E-state index < -0.39 is 0 Å². The summed E-state index contributed by atoms with van der Waals surface area (Å²) in [5.41, 5.74) is 2.73. The lowest BCUT2D eigenvalue weighted by Crippen LogP contribution is -2.92. The molecule has 0 aliphatic carbocycles. The number of carbonyl (C=O) groups is 2. The predicted octanol–water partition coefficient (Wildman–Crippen LogP) is 1.57. The first-order valence-electron chi connectivity index (χ1n) is 8.06. The van der Waals surface area contributed by atoms with Crippen LogP contribution in [-0.4, -0.2) is 24.4 Å². The van der Waals surface area contributed by atoms with Gasteiger partial charge in [-0.05, 0) is 36.8 Å². The summed E-state index contributed by atoms with van der Waals surface area (Å²) in [5, 5.41) is 1.90. The van der Waals surface area contributed by atoms with Gasteiger partial charge in [0, 0.05) is 6.42 Å². The molecule has 0 radical (unpaired) electrons. The summed E-state index contributed by atoms with van der Waals surface area (Å²) in [5.74, 6) is -0.581. The molecule has 1 aliphatic rings. The molecule has 0 aromatic heterocycles. The van der Waals surface area contributed by atoms with E-state index in [1.807, 2.05) is 24.4 Å². The van der Waals surface area contributed by atoms with Crippen molar-refractivity contribution in [1.29, 1.82) is 0 Å². The number of halogens is 1. The van der Waals surface area contributed by atoms with Crippen molar-refractivity contribution < 1.29 is 19.3 Å². The van der Waals surface area contributed by atoms with Crippen LogP contribution in [0.3, 0.4) is 0 Å². The van der Waals surface area contributed by atoms with Crippen LogP contribution in [0.2, 0.25) is 0 Å². The van der Waals surface area contributed by atoms with E-state index in [0.717, 1.165) is 17.5 Å². The number of aryl methyl sites for hydroxylation is 1. The van der Waals surface area contributed by atoms with Crippen molar-refractivity contribution >= 4 is 17.5 Å². The number of nitrogens with zero attached hydrogens (tertiary/aromatic N) is 1. The van der Waals surface area contributed by atoms with Crippen LogP contribution in [0.25, 0.3) is 0 Å². The summed E-state index contributed by atoms with van der Waals surface area (Å²) in [6, 6.07) is 13.3. The highest BCUT2D eigenvalue weighted by atomic mass is 19.1. The molecule has 124 valence electrons. The first-order valence-corrected chi connectivity index (χ1v) is 8.06. The zero-order valence-corrected chi connectivity index (χ0v) is 13.5. The molecule has 24 heavy (non-hydrogen) atoms. The smallest absolute Gasteiger partial charge is 0.292 e. The van der Waals surface area contributed by atoms with Crippen LogP contribution >= 0.6 is 0 Å². The number of nitrogens with two attached hydrogens (primary N) is 1. The molecule has 2 amide bonds. The first kappa shape index (κ1) is 16.3. The van der Waals surface area contributed by atoms with E-state index in [2.05, 4.69) is 0 Å². The Morgan fingerprint density at radius 2 is 1.75 bits per heavy atom. The molecule has 1 heterocycles. The summed E-state index contributed by atoms with van der Waals surface area (Å²) >= 11 is 0. The van der Waals surface area contributed by atoms with Gasteiger partial charge in [0.05, 0.1) is 18.7 Å². The van der Waals surface area contributed by atoms with Crippen LogP contribution in [-0.2, 0) is 16.0 Å². The summed E-state index contributed by atoms with van der Waals surface area (Å²) in [6.07, 6.45) is 0.943. The predicted molar refractivity (Wildman–Crippen MR) is 89.0 cm³/mol. The van der Waals surface area contributed by atoms with Crippen molar-refractivity contribution in [2.24, 2.45) is 0 Å². The molecular formula is C19H20FN2O2+. The lowest BCUT2D eigenvalue weighted by Gasteiger charge is -2.14. The van der Waals surface area contributed by atoms with Gasteiger partial charge in [0.25, 0.3) is 5.91 Å². The third-order valence-corrected chi connectivity index (χ3v) is 4.27. The molecule has 2 N–H and O–H groups in total. The number of amides is 2. The zero-order chi connectivity index (χ0) is 17.1. The Labute approximate surface area is 140 Å². The largest absolute Gasteiger partial charge is 0.335 e. The molecule has 0 saturated carbocycles. The van der Waals surface area contributed by atoms with E-state index in [4.69, 9.17) is 0 Å². The second-order valence-corrected chi connectivity index (χ2v) is 6.11. The van der Waals surface area contributed by atoms with Crippen molar-refractivity contribution in [2.45, 2.75) is 25.8 Å². The Kier molecular flexibility index (Phi) is 4.71. The van der Waals surface area contributed by atoms with Crippen LogP contribution in [0.15, 0.2) is 48.5 Å². The summed E-state index contributed by atoms with van der Waals surface area (Å²) in [6.45, 7) is 2.64. The molecule has 1 fully saturated rings. The highest BCUT2D eigenvalue weighted by molar-refractivity contribution is 6.21. The van der Waals surface area contributed by atoms with Gasteiger partial charge < -0.3 is 5.32 Å². The molecule has 1 unspecified atom stereocenters. The van der Waals surface area contributed by atoms with Crippen molar-refractivity contribution in [1.82, 2.24) is 0 Å². The number of hydrogen-bond donors (Lipinski definition) is 1. The molecule has 0 bridgehead atoms. The molecule has 2 aromatic rings. The molecule has 2 aromatic carbocycles. The molecule has 5 heteroatoms. The second-order valence-electron chi connectivity index (χ2n) is 6.11. The normalized spacial score (nSPS) is 17.6. The van der Waals surface area contributed by atoms with Gasteiger partial charge in [0.2, 0.25) is 5.91 Å². The summed E-state index contributed by atoms with van der Waals surface area (Å²) in [7, 11) is 0. The minimum absolute atomic E-state index is 0.160. The Balaban J connectivity index is 1.59. The molecule has 1 atom stereocenters. The third-order valence-electron chi connectivity index (χ3n) is 4.27. The maximum Gasteiger partial charge on any atom is 0.292 e. The van der Waals surface area contributed by atoms with Crippen molar-refractivity contribution in [2.75, 3.05) is 11.4 Å². The second kappa shape index (κ2) is 6.93. The summed E-state index contributed by atoms with van der Waals surface area (Å²) < 4.78 is 12.9. The van der Waals surface area contributed by atoms with E-state index in [1.54, 1.807) is 24.3 Å². The van der Waals surface area contributed by atoms with Crippen LogP contribution < -0.4 is 10.2 Å². The van der Waals surface area contributed by atoms with Gasteiger partial charge in [0.1, 0.15) is 5.82 Å².